The zero-order chi connectivity index (χ0) is 15.8. The van der Waals surface area contributed by atoms with E-state index in [2.05, 4.69) is 9.80 Å². The number of aromatic carboxylic acids is 1. The predicted octanol–water partition coefficient (Wildman–Crippen LogP) is 0.764. The van der Waals surface area contributed by atoms with E-state index in [-0.39, 0.29) is 12.2 Å². The summed E-state index contributed by atoms with van der Waals surface area (Å²) in [5.41, 5.74) is 0.208. The van der Waals surface area contributed by atoms with Crippen LogP contribution in [0.5, 0.6) is 5.75 Å². The summed E-state index contributed by atoms with van der Waals surface area (Å²) in [7, 11) is 0. The van der Waals surface area contributed by atoms with E-state index in [1.165, 1.54) is 0 Å². The highest BCUT2D eigenvalue weighted by atomic mass is 16.5. The van der Waals surface area contributed by atoms with Crippen LogP contribution in [0, 0.1) is 0 Å². The van der Waals surface area contributed by atoms with Gasteiger partial charge in [0.1, 0.15) is 11.3 Å². The summed E-state index contributed by atoms with van der Waals surface area (Å²) < 4.78 is 5.60. The zero-order valence-electron chi connectivity index (χ0n) is 12.8. The van der Waals surface area contributed by atoms with Gasteiger partial charge in [-0.05, 0) is 18.6 Å². The van der Waals surface area contributed by atoms with Crippen LogP contribution < -0.4 is 4.74 Å². The molecule has 1 aliphatic rings. The van der Waals surface area contributed by atoms with E-state index in [9.17, 15) is 4.79 Å². The number of β-amino-alcohol motifs (C(OH)–C–C–N with tert-alkyl or cyclic N) is 1. The molecule has 0 radical (unpaired) electrons. The van der Waals surface area contributed by atoms with Crippen LogP contribution in [-0.2, 0) is 0 Å². The molecule has 0 saturated carbocycles. The molecule has 2 N–H and O–H groups in total. The molecule has 0 unspecified atom stereocenters. The molecule has 1 heterocycles. The van der Waals surface area contributed by atoms with Crippen molar-refractivity contribution in [1.29, 1.82) is 0 Å². The molecule has 22 heavy (non-hydrogen) atoms. The number of hydrogen-bond acceptors (Lipinski definition) is 5. The maximum Gasteiger partial charge on any atom is 0.339 e. The van der Waals surface area contributed by atoms with Crippen molar-refractivity contribution in [2.24, 2.45) is 0 Å². The van der Waals surface area contributed by atoms with Crippen LogP contribution in [-0.4, -0.2) is 78.5 Å². The minimum Gasteiger partial charge on any atom is -0.493 e. The average Bonchev–Trinajstić information content (AvgIpc) is 2.53. The largest absolute Gasteiger partial charge is 0.493 e. The molecule has 0 aromatic heterocycles. The number of ether oxygens (including phenoxy) is 1. The number of hydrogen-bond donors (Lipinski definition) is 2. The van der Waals surface area contributed by atoms with Gasteiger partial charge in [0.2, 0.25) is 0 Å². The number of piperazine rings is 1. The van der Waals surface area contributed by atoms with Crippen molar-refractivity contribution in [1.82, 2.24) is 9.80 Å². The molecule has 6 heteroatoms. The number of nitrogens with zero attached hydrogens (tertiary/aromatic N) is 2. The van der Waals surface area contributed by atoms with Gasteiger partial charge in [-0.15, -0.1) is 0 Å². The normalized spacial score (nSPS) is 16.6. The number of aliphatic hydroxyl groups excluding tert-OH is 1. The Balaban J connectivity index is 1.67. The Labute approximate surface area is 130 Å². The van der Waals surface area contributed by atoms with Gasteiger partial charge < -0.3 is 19.8 Å². The molecule has 1 aromatic carbocycles. The smallest absolute Gasteiger partial charge is 0.339 e. The molecular formula is C16H24N2O4. The molecule has 1 fully saturated rings. The maximum absolute atomic E-state index is 11.1. The van der Waals surface area contributed by atoms with Crippen LogP contribution in [0.4, 0.5) is 0 Å². The number of carboxylic acids is 1. The molecule has 122 valence electrons. The first-order chi connectivity index (χ1) is 10.7. The quantitative estimate of drug-likeness (QED) is 0.691. The highest BCUT2D eigenvalue weighted by molar-refractivity contribution is 5.90. The summed E-state index contributed by atoms with van der Waals surface area (Å²) in [6, 6.07) is 6.72. The monoisotopic (exact) mass is 308 g/mol. The molecule has 0 atom stereocenters. The van der Waals surface area contributed by atoms with E-state index in [1.807, 2.05) is 0 Å². The lowest BCUT2D eigenvalue weighted by Crippen LogP contribution is -2.47. The minimum absolute atomic E-state index is 0.208. The lowest BCUT2D eigenvalue weighted by molar-refractivity contribution is 0.0691. The Hall–Kier alpha value is -1.63. The second kappa shape index (κ2) is 8.73. The van der Waals surface area contributed by atoms with Gasteiger partial charge >= 0.3 is 5.97 Å². The fraction of sp³-hybridized carbons (Fsp3) is 0.562. The Morgan fingerprint density at radius 1 is 1.09 bits per heavy atom. The first-order valence-corrected chi connectivity index (χ1v) is 7.71. The van der Waals surface area contributed by atoms with E-state index < -0.39 is 5.97 Å². The first kappa shape index (κ1) is 16.7. The summed E-state index contributed by atoms with van der Waals surface area (Å²) in [6.07, 6.45) is 0.869. The van der Waals surface area contributed by atoms with E-state index in [4.69, 9.17) is 14.9 Å². The highest BCUT2D eigenvalue weighted by Gasteiger charge is 2.16. The summed E-state index contributed by atoms with van der Waals surface area (Å²) in [6.45, 7) is 6.42. The predicted molar refractivity (Wildman–Crippen MR) is 83.5 cm³/mol. The van der Waals surface area contributed by atoms with Gasteiger partial charge in [0, 0.05) is 39.3 Å². The SMILES string of the molecule is O=C(O)c1ccccc1OCCCN1CCN(CCO)CC1. The Morgan fingerprint density at radius 3 is 2.36 bits per heavy atom. The van der Waals surface area contributed by atoms with E-state index in [0.717, 1.165) is 45.7 Å². The Morgan fingerprint density at radius 2 is 1.73 bits per heavy atom. The van der Waals surface area contributed by atoms with Crippen molar-refractivity contribution in [3.8, 4) is 5.75 Å². The van der Waals surface area contributed by atoms with Crippen LogP contribution in [0.3, 0.4) is 0 Å². The van der Waals surface area contributed by atoms with Gasteiger partial charge in [0.15, 0.2) is 0 Å². The second-order valence-electron chi connectivity index (χ2n) is 5.41. The number of carboxylic acid groups (broad SMARTS) is 1. The van der Waals surface area contributed by atoms with Crippen LogP contribution in [0.2, 0.25) is 0 Å². The minimum atomic E-state index is -0.962. The van der Waals surface area contributed by atoms with Crippen molar-refractivity contribution in [3.63, 3.8) is 0 Å². The first-order valence-electron chi connectivity index (χ1n) is 7.71. The van der Waals surface area contributed by atoms with Crippen molar-refractivity contribution >= 4 is 5.97 Å². The molecule has 0 amide bonds. The molecule has 0 aliphatic carbocycles. The molecule has 2 rings (SSSR count). The van der Waals surface area contributed by atoms with E-state index in [0.29, 0.717) is 12.4 Å². The van der Waals surface area contributed by atoms with Crippen LogP contribution >= 0.6 is 0 Å². The molecular weight excluding hydrogens is 284 g/mol. The second-order valence-corrected chi connectivity index (χ2v) is 5.41. The molecule has 1 aliphatic heterocycles. The van der Waals surface area contributed by atoms with Crippen molar-refractivity contribution < 1.29 is 19.7 Å². The molecule has 0 spiro atoms. The van der Waals surface area contributed by atoms with Gasteiger partial charge in [-0.1, -0.05) is 12.1 Å². The fourth-order valence-corrected chi connectivity index (χ4v) is 2.62. The lowest BCUT2D eigenvalue weighted by atomic mass is 10.2. The van der Waals surface area contributed by atoms with Gasteiger partial charge in [-0.2, -0.15) is 0 Å². The highest BCUT2D eigenvalue weighted by Crippen LogP contribution is 2.17. The van der Waals surface area contributed by atoms with Crippen molar-refractivity contribution in [2.45, 2.75) is 6.42 Å². The number of para-hydroxylation sites is 1. The molecule has 1 aromatic rings. The van der Waals surface area contributed by atoms with Crippen molar-refractivity contribution in [2.75, 3.05) is 52.5 Å². The third-order valence-corrected chi connectivity index (χ3v) is 3.87. The summed E-state index contributed by atoms with van der Waals surface area (Å²) in [5, 5.41) is 18.0. The van der Waals surface area contributed by atoms with Crippen LogP contribution in [0.1, 0.15) is 16.8 Å². The number of aliphatic hydroxyl groups is 1. The Kier molecular flexibility index (Phi) is 6.64. The number of rotatable bonds is 8. The van der Waals surface area contributed by atoms with E-state index in [1.54, 1.807) is 24.3 Å². The topological polar surface area (TPSA) is 73.2 Å². The fourth-order valence-electron chi connectivity index (χ4n) is 2.62. The molecule has 1 saturated heterocycles. The van der Waals surface area contributed by atoms with Gasteiger partial charge in [0.25, 0.3) is 0 Å². The standard InChI is InChI=1S/C16H24N2O4/c19-12-11-18-9-7-17(8-10-18)6-3-13-22-15-5-2-1-4-14(15)16(20)21/h1-2,4-5,19H,3,6-13H2,(H,20,21). The summed E-state index contributed by atoms with van der Waals surface area (Å²) >= 11 is 0. The van der Waals surface area contributed by atoms with Gasteiger partial charge in [-0.3, -0.25) is 4.90 Å². The van der Waals surface area contributed by atoms with Crippen LogP contribution in [0.25, 0.3) is 0 Å². The number of benzene rings is 1. The van der Waals surface area contributed by atoms with Crippen molar-refractivity contribution in [3.05, 3.63) is 29.8 Å². The summed E-state index contributed by atoms with van der Waals surface area (Å²) in [5.74, 6) is -0.529. The molecule has 6 nitrogen and oxygen atoms in total. The lowest BCUT2D eigenvalue weighted by Gasteiger charge is -2.34. The zero-order valence-corrected chi connectivity index (χ0v) is 12.8. The summed E-state index contributed by atoms with van der Waals surface area (Å²) in [4.78, 5) is 15.7. The third kappa shape index (κ3) is 4.98. The Bertz CT molecular complexity index is 473. The third-order valence-electron chi connectivity index (χ3n) is 3.87. The molecule has 0 bridgehead atoms. The van der Waals surface area contributed by atoms with Crippen LogP contribution in [0.15, 0.2) is 24.3 Å². The van der Waals surface area contributed by atoms with Gasteiger partial charge in [0.05, 0.1) is 13.2 Å². The van der Waals surface area contributed by atoms with Gasteiger partial charge in [-0.25, -0.2) is 4.79 Å². The maximum atomic E-state index is 11.1. The average molecular weight is 308 g/mol. The number of carbonyl (C=O) groups is 1. The van der Waals surface area contributed by atoms with E-state index >= 15 is 0 Å².